The molecule has 0 fully saturated rings. The van der Waals surface area contributed by atoms with Crippen LogP contribution in [0.25, 0.3) is 0 Å². The number of sulfonamides is 1. The first kappa shape index (κ1) is 20.3. The molecule has 0 atom stereocenters. The molecule has 0 aliphatic heterocycles. The Balaban J connectivity index is 1.78. The number of aromatic nitrogens is 2. The number of anilines is 1. The summed E-state index contributed by atoms with van der Waals surface area (Å²) in [5.41, 5.74) is 0.0769. The van der Waals surface area contributed by atoms with Crippen LogP contribution >= 0.6 is 12.2 Å². The van der Waals surface area contributed by atoms with Crippen LogP contribution in [0.3, 0.4) is 0 Å². The quantitative estimate of drug-likeness (QED) is 0.349. The number of nitrogens with one attached hydrogen (secondary N) is 3. The second-order valence-electron chi connectivity index (χ2n) is 5.76. The van der Waals surface area contributed by atoms with E-state index in [1.807, 2.05) is 0 Å². The molecule has 11 heteroatoms. The summed E-state index contributed by atoms with van der Waals surface area (Å²) < 4.78 is 32.5. The van der Waals surface area contributed by atoms with E-state index in [4.69, 9.17) is 17.0 Å². The molecule has 0 saturated carbocycles. The first-order valence-electron chi connectivity index (χ1n) is 8.15. The molecule has 1 heterocycles. The van der Waals surface area contributed by atoms with E-state index in [1.54, 1.807) is 24.3 Å². The smallest absolute Gasteiger partial charge is 0.264 e. The largest absolute Gasteiger partial charge is 0.497 e. The normalized spacial score (nSPS) is 11.5. The summed E-state index contributed by atoms with van der Waals surface area (Å²) in [6.45, 7) is 0. The van der Waals surface area contributed by atoms with Gasteiger partial charge in [0.2, 0.25) is 5.88 Å². The van der Waals surface area contributed by atoms with E-state index in [2.05, 4.69) is 19.7 Å². The van der Waals surface area contributed by atoms with Gasteiger partial charge in [-0.15, -0.1) is 0 Å². The molecular formula is C18H16N4O5S2. The van der Waals surface area contributed by atoms with Gasteiger partial charge in [0.1, 0.15) is 11.3 Å². The number of hydrogen-bond acceptors (Lipinski definition) is 7. The molecule has 0 unspecified atom stereocenters. The van der Waals surface area contributed by atoms with Gasteiger partial charge in [0, 0.05) is 11.9 Å². The topological polar surface area (TPSA) is 137 Å². The number of H-pyrrole nitrogens is 2. The lowest BCUT2D eigenvalue weighted by Crippen LogP contribution is -2.13. The molecule has 1 aromatic heterocycles. The van der Waals surface area contributed by atoms with Crippen molar-refractivity contribution in [3.05, 3.63) is 69.2 Å². The highest BCUT2D eigenvalue weighted by molar-refractivity contribution is 7.92. The Morgan fingerprint density at radius 2 is 1.76 bits per heavy atom. The molecule has 0 saturated heterocycles. The van der Waals surface area contributed by atoms with Gasteiger partial charge in [-0.25, -0.2) is 8.42 Å². The van der Waals surface area contributed by atoms with Crippen molar-refractivity contribution in [3.8, 4) is 11.6 Å². The molecule has 0 spiro atoms. The summed E-state index contributed by atoms with van der Waals surface area (Å²) in [4.78, 5) is 20.6. The van der Waals surface area contributed by atoms with Crippen molar-refractivity contribution >= 4 is 39.8 Å². The molecule has 9 nitrogen and oxygen atoms in total. The van der Waals surface area contributed by atoms with Crippen molar-refractivity contribution in [2.24, 2.45) is 4.99 Å². The number of methoxy groups -OCH3 is 1. The Bertz CT molecular complexity index is 1260. The van der Waals surface area contributed by atoms with Gasteiger partial charge in [0.25, 0.3) is 15.6 Å². The Morgan fingerprint density at radius 3 is 2.34 bits per heavy atom. The van der Waals surface area contributed by atoms with E-state index in [-0.39, 0.29) is 15.2 Å². The molecule has 0 radical (unpaired) electrons. The fourth-order valence-corrected chi connectivity index (χ4v) is 3.58. The maximum atomic E-state index is 12.5. The number of rotatable bonds is 6. The molecule has 29 heavy (non-hydrogen) atoms. The first-order valence-corrected chi connectivity index (χ1v) is 10.0. The van der Waals surface area contributed by atoms with Crippen LogP contribution in [0.15, 0.2) is 63.2 Å². The zero-order valence-corrected chi connectivity index (χ0v) is 16.7. The standard InChI is InChI=1S/C18H16N4O5S2/c1-27-13-6-2-12(3-7-13)22-29(25,26)14-8-4-11(5-9-14)19-10-15-16(23)20-18(28)21-17(15)24/h2-10,22H,1H3,(H3,20,21,23,24,28). The van der Waals surface area contributed by atoms with Crippen LogP contribution in [0.1, 0.15) is 5.56 Å². The monoisotopic (exact) mass is 432 g/mol. The van der Waals surface area contributed by atoms with Gasteiger partial charge in [-0.2, -0.15) is 0 Å². The summed E-state index contributed by atoms with van der Waals surface area (Å²) in [5.74, 6) is 0.199. The number of ether oxygens (including phenoxy) is 1. The van der Waals surface area contributed by atoms with Gasteiger partial charge >= 0.3 is 0 Å². The molecule has 0 bridgehead atoms. The van der Waals surface area contributed by atoms with E-state index in [0.29, 0.717) is 17.1 Å². The predicted molar refractivity (Wildman–Crippen MR) is 111 cm³/mol. The number of aliphatic imine (C=N–C) groups is 1. The van der Waals surface area contributed by atoms with Gasteiger partial charge in [-0.05, 0) is 60.7 Å². The highest BCUT2D eigenvalue weighted by atomic mass is 32.2. The minimum atomic E-state index is -3.79. The van der Waals surface area contributed by atoms with E-state index in [1.165, 1.54) is 31.4 Å². The second-order valence-corrected chi connectivity index (χ2v) is 7.85. The number of benzene rings is 2. The van der Waals surface area contributed by atoms with Gasteiger partial charge in [0.15, 0.2) is 4.77 Å². The van der Waals surface area contributed by atoms with Crippen LogP contribution in [0.4, 0.5) is 11.4 Å². The summed E-state index contributed by atoms with van der Waals surface area (Å²) in [6.07, 6.45) is 1.15. The minimum absolute atomic E-state index is 0.0106. The molecule has 3 aromatic rings. The van der Waals surface area contributed by atoms with Crippen molar-refractivity contribution in [2.75, 3.05) is 11.8 Å². The molecular weight excluding hydrogens is 416 g/mol. The fourth-order valence-electron chi connectivity index (χ4n) is 2.33. The third kappa shape index (κ3) is 4.89. The molecule has 150 valence electrons. The second kappa shape index (κ2) is 8.29. The van der Waals surface area contributed by atoms with E-state index < -0.39 is 21.5 Å². The molecule has 3 rings (SSSR count). The van der Waals surface area contributed by atoms with Crippen molar-refractivity contribution < 1.29 is 18.3 Å². The van der Waals surface area contributed by atoms with Crippen molar-refractivity contribution in [3.63, 3.8) is 0 Å². The summed E-state index contributed by atoms with van der Waals surface area (Å²) >= 11 is 4.75. The summed E-state index contributed by atoms with van der Waals surface area (Å²) in [5, 5.41) is 9.75. The van der Waals surface area contributed by atoms with Gasteiger partial charge in [-0.1, -0.05) is 0 Å². The van der Waals surface area contributed by atoms with Crippen molar-refractivity contribution in [1.82, 2.24) is 9.97 Å². The van der Waals surface area contributed by atoms with Crippen LogP contribution < -0.4 is 15.0 Å². The number of aromatic hydroxyl groups is 1. The van der Waals surface area contributed by atoms with Crippen LogP contribution in [0.2, 0.25) is 0 Å². The Morgan fingerprint density at radius 1 is 1.10 bits per heavy atom. The fraction of sp³-hybridized carbons (Fsp3) is 0.0556. The maximum Gasteiger partial charge on any atom is 0.264 e. The molecule has 0 amide bonds. The van der Waals surface area contributed by atoms with E-state index in [0.717, 1.165) is 6.21 Å². The lowest BCUT2D eigenvalue weighted by molar-refractivity contribution is 0.415. The average Bonchev–Trinajstić information content (AvgIpc) is 2.68. The maximum absolute atomic E-state index is 12.5. The first-order chi connectivity index (χ1) is 13.8. The zero-order chi connectivity index (χ0) is 21.0. The SMILES string of the molecule is COc1ccc(NS(=O)(=O)c2ccc(N=Cc3c(O)[nH]c(=S)[nH]c3=O)cc2)cc1. The van der Waals surface area contributed by atoms with Crippen LogP contribution in [0, 0.1) is 4.77 Å². The molecule has 0 aliphatic rings. The Kier molecular flexibility index (Phi) is 5.80. The van der Waals surface area contributed by atoms with Gasteiger partial charge in [-0.3, -0.25) is 19.5 Å². The van der Waals surface area contributed by atoms with Crippen LogP contribution in [0.5, 0.6) is 11.6 Å². The van der Waals surface area contributed by atoms with Crippen LogP contribution in [-0.4, -0.2) is 36.8 Å². The highest BCUT2D eigenvalue weighted by Crippen LogP contribution is 2.21. The third-order valence-corrected chi connectivity index (χ3v) is 5.39. The Labute approximate surface area is 170 Å². The van der Waals surface area contributed by atoms with Gasteiger partial charge < -0.3 is 14.8 Å². The molecule has 4 N–H and O–H groups in total. The highest BCUT2D eigenvalue weighted by Gasteiger charge is 2.14. The minimum Gasteiger partial charge on any atom is -0.497 e. The average molecular weight is 432 g/mol. The van der Waals surface area contributed by atoms with E-state index >= 15 is 0 Å². The number of aromatic amines is 2. The Hall–Kier alpha value is -3.44. The van der Waals surface area contributed by atoms with E-state index in [9.17, 15) is 18.3 Å². The third-order valence-electron chi connectivity index (χ3n) is 3.79. The summed E-state index contributed by atoms with van der Waals surface area (Å²) in [6, 6.07) is 12.1. The van der Waals surface area contributed by atoms with Crippen LogP contribution in [-0.2, 0) is 10.0 Å². The lowest BCUT2D eigenvalue weighted by atomic mass is 10.3. The van der Waals surface area contributed by atoms with Crippen molar-refractivity contribution in [1.29, 1.82) is 0 Å². The predicted octanol–water partition coefficient (Wildman–Crippen LogP) is 2.70. The number of nitrogens with zero attached hydrogens (tertiary/aromatic N) is 1. The number of hydrogen-bond donors (Lipinski definition) is 4. The molecule has 0 aliphatic carbocycles. The molecule has 2 aromatic carbocycles. The summed E-state index contributed by atoms with van der Waals surface area (Å²) in [7, 11) is -2.27. The van der Waals surface area contributed by atoms with Gasteiger partial charge in [0.05, 0.1) is 17.7 Å². The lowest BCUT2D eigenvalue weighted by Gasteiger charge is -2.09. The zero-order valence-electron chi connectivity index (χ0n) is 15.0. The van der Waals surface area contributed by atoms with Crippen molar-refractivity contribution in [2.45, 2.75) is 4.90 Å².